The van der Waals surface area contributed by atoms with Crippen LogP contribution in [-0.4, -0.2) is 19.8 Å². The van der Waals surface area contributed by atoms with Crippen LogP contribution in [0.15, 0.2) is 36.7 Å². The number of aromatic nitrogens is 4. The van der Waals surface area contributed by atoms with Gasteiger partial charge in [-0.05, 0) is 49.8 Å². The summed E-state index contributed by atoms with van der Waals surface area (Å²) in [5, 5.41) is 16.7. The number of hydrogen-bond donors (Lipinski definition) is 1. The molecule has 2 aliphatic rings. The molecule has 5 nitrogen and oxygen atoms in total. The molecule has 2 fully saturated rings. The van der Waals surface area contributed by atoms with Crippen molar-refractivity contribution in [2.45, 2.75) is 44.1 Å². The first-order valence-corrected chi connectivity index (χ1v) is 8.30. The van der Waals surface area contributed by atoms with Gasteiger partial charge in [0.15, 0.2) is 0 Å². The number of benzene rings is 1. The first-order chi connectivity index (χ1) is 11.3. The Balaban J connectivity index is 1.59. The van der Waals surface area contributed by atoms with E-state index in [9.17, 15) is 0 Å². The Morgan fingerprint density at radius 3 is 2.78 bits per heavy atom. The van der Waals surface area contributed by atoms with Crippen LogP contribution in [-0.2, 0) is 5.54 Å². The van der Waals surface area contributed by atoms with Crippen molar-refractivity contribution in [2.24, 2.45) is 0 Å². The second-order valence-corrected chi connectivity index (χ2v) is 6.88. The van der Waals surface area contributed by atoms with Crippen molar-refractivity contribution in [1.82, 2.24) is 19.8 Å². The molecular weight excluding hydrogens is 286 g/mol. The summed E-state index contributed by atoms with van der Waals surface area (Å²) >= 11 is 0. The highest BCUT2D eigenvalue weighted by molar-refractivity contribution is 5.69. The van der Waals surface area contributed by atoms with E-state index in [2.05, 4.69) is 57.9 Å². The number of nitrogens with zero attached hydrogens (tertiary/aromatic N) is 4. The monoisotopic (exact) mass is 305 g/mol. The van der Waals surface area contributed by atoms with Crippen LogP contribution in [0.3, 0.4) is 0 Å². The molecule has 0 bridgehead atoms. The fraction of sp³-hybridized carbons (Fsp3) is 0.389. The van der Waals surface area contributed by atoms with Crippen molar-refractivity contribution < 1.29 is 0 Å². The predicted octanol–water partition coefficient (Wildman–Crippen LogP) is 3.41. The normalized spacial score (nSPS) is 19.0. The largest absolute Gasteiger partial charge is 0.372 e. The Labute approximate surface area is 134 Å². The number of anilines is 1. The standard InChI is InChI=1S/C18H19N5/c1-12-4-2-3-5-14(12)18(8-9-18)20-16-10-15(13-6-7-13)22-23-11-19-21-17(16)23/h2-5,10-11,13,20H,6-9H2,1H3. The molecule has 23 heavy (non-hydrogen) atoms. The highest BCUT2D eigenvalue weighted by Crippen LogP contribution is 2.50. The number of aryl methyl sites for hydroxylation is 1. The van der Waals surface area contributed by atoms with Gasteiger partial charge in [0, 0.05) is 5.92 Å². The topological polar surface area (TPSA) is 55.1 Å². The molecule has 0 amide bonds. The molecule has 0 spiro atoms. The molecule has 2 saturated carbocycles. The highest BCUT2D eigenvalue weighted by Gasteiger charge is 2.45. The van der Waals surface area contributed by atoms with Gasteiger partial charge in [0.2, 0.25) is 5.65 Å². The van der Waals surface area contributed by atoms with E-state index in [1.165, 1.54) is 24.0 Å². The Bertz CT molecular complexity index is 889. The minimum atomic E-state index is 0.0416. The summed E-state index contributed by atoms with van der Waals surface area (Å²) in [6.45, 7) is 2.19. The van der Waals surface area contributed by atoms with E-state index < -0.39 is 0 Å². The maximum atomic E-state index is 4.65. The molecule has 1 N–H and O–H groups in total. The molecule has 5 rings (SSSR count). The minimum Gasteiger partial charge on any atom is -0.372 e. The van der Waals surface area contributed by atoms with Crippen LogP contribution in [0.25, 0.3) is 5.65 Å². The molecule has 116 valence electrons. The van der Waals surface area contributed by atoms with Crippen LogP contribution in [0.5, 0.6) is 0 Å². The lowest BCUT2D eigenvalue weighted by Crippen LogP contribution is -2.21. The summed E-state index contributed by atoms with van der Waals surface area (Å²) in [6, 6.07) is 10.8. The third kappa shape index (κ3) is 2.11. The average Bonchev–Trinajstić information content (AvgIpc) is 3.47. The molecule has 0 saturated heterocycles. The maximum absolute atomic E-state index is 4.65. The summed E-state index contributed by atoms with van der Waals surface area (Å²) in [5.41, 5.74) is 5.80. The van der Waals surface area contributed by atoms with Crippen molar-refractivity contribution >= 4 is 11.3 Å². The highest BCUT2D eigenvalue weighted by atomic mass is 15.4. The van der Waals surface area contributed by atoms with Gasteiger partial charge in [-0.15, -0.1) is 10.2 Å². The van der Waals surface area contributed by atoms with Crippen molar-refractivity contribution in [1.29, 1.82) is 0 Å². The van der Waals surface area contributed by atoms with E-state index in [4.69, 9.17) is 0 Å². The number of fused-ring (bicyclic) bond motifs is 1. The SMILES string of the molecule is Cc1ccccc1C1(Nc2cc(C3CC3)nn3cnnc23)CC1. The lowest BCUT2D eigenvalue weighted by Gasteiger charge is -2.22. The summed E-state index contributed by atoms with van der Waals surface area (Å²) < 4.78 is 1.81. The second-order valence-electron chi connectivity index (χ2n) is 6.88. The molecule has 0 unspecified atom stereocenters. The molecule has 2 aliphatic carbocycles. The number of nitrogens with one attached hydrogen (secondary N) is 1. The third-order valence-electron chi connectivity index (χ3n) is 5.07. The van der Waals surface area contributed by atoms with E-state index in [0.29, 0.717) is 5.92 Å². The smallest absolute Gasteiger partial charge is 0.200 e. The lowest BCUT2D eigenvalue weighted by atomic mass is 9.99. The second kappa shape index (κ2) is 4.54. The van der Waals surface area contributed by atoms with E-state index >= 15 is 0 Å². The summed E-state index contributed by atoms with van der Waals surface area (Å²) in [5.74, 6) is 0.607. The van der Waals surface area contributed by atoms with Crippen LogP contribution in [0.2, 0.25) is 0 Å². The maximum Gasteiger partial charge on any atom is 0.200 e. The molecule has 0 radical (unpaired) electrons. The van der Waals surface area contributed by atoms with Crippen molar-refractivity contribution in [2.75, 3.05) is 5.32 Å². The molecule has 5 heteroatoms. The van der Waals surface area contributed by atoms with Gasteiger partial charge in [-0.2, -0.15) is 9.61 Å². The molecule has 2 aromatic heterocycles. The Kier molecular flexibility index (Phi) is 2.57. The minimum absolute atomic E-state index is 0.0416. The molecular formula is C18H19N5. The Morgan fingerprint density at radius 1 is 1.22 bits per heavy atom. The quantitative estimate of drug-likeness (QED) is 0.802. The van der Waals surface area contributed by atoms with Crippen LogP contribution < -0.4 is 5.32 Å². The van der Waals surface area contributed by atoms with E-state index in [0.717, 1.165) is 29.9 Å². The van der Waals surface area contributed by atoms with Gasteiger partial charge in [0.1, 0.15) is 6.33 Å². The van der Waals surface area contributed by atoms with Crippen LogP contribution in [0.1, 0.15) is 48.4 Å². The lowest BCUT2D eigenvalue weighted by molar-refractivity contribution is 0.790. The van der Waals surface area contributed by atoms with Gasteiger partial charge in [-0.3, -0.25) is 0 Å². The molecule has 2 heterocycles. The van der Waals surface area contributed by atoms with Gasteiger partial charge >= 0.3 is 0 Å². The fourth-order valence-corrected chi connectivity index (χ4v) is 3.47. The summed E-state index contributed by atoms with van der Waals surface area (Å²) in [4.78, 5) is 0. The van der Waals surface area contributed by atoms with Gasteiger partial charge in [0.05, 0.1) is 16.9 Å². The number of rotatable bonds is 4. The van der Waals surface area contributed by atoms with Crippen LogP contribution in [0.4, 0.5) is 5.69 Å². The van der Waals surface area contributed by atoms with Gasteiger partial charge in [0.25, 0.3) is 0 Å². The number of hydrogen-bond acceptors (Lipinski definition) is 4. The zero-order chi connectivity index (χ0) is 15.4. The van der Waals surface area contributed by atoms with E-state index in [1.807, 2.05) is 4.52 Å². The van der Waals surface area contributed by atoms with Gasteiger partial charge in [-0.1, -0.05) is 24.3 Å². The fourth-order valence-electron chi connectivity index (χ4n) is 3.47. The van der Waals surface area contributed by atoms with Crippen LogP contribution >= 0.6 is 0 Å². The first-order valence-electron chi connectivity index (χ1n) is 8.30. The van der Waals surface area contributed by atoms with Gasteiger partial charge in [-0.25, -0.2) is 0 Å². The van der Waals surface area contributed by atoms with Crippen molar-refractivity contribution in [3.63, 3.8) is 0 Å². The van der Waals surface area contributed by atoms with Crippen LogP contribution in [0, 0.1) is 6.92 Å². The first kappa shape index (κ1) is 13.0. The molecule has 0 atom stereocenters. The zero-order valence-corrected chi connectivity index (χ0v) is 13.2. The third-order valence-corrected chi connectivity index (χ3v) is 5.07. The molecule has 1 aromatic carbocycles. The molecule has 3 aromatic rings. The van der Waals surface area contributed by atoms with Crippen molar-refractivity contribution in [3.05, 3.63) is 53.5 Å². The Hall–Kier alpha value is -2.43. The summed E-state index contributed by atoms with van der Waals surface area (Å²) in [6.07, 6.45) is 6.48. The molecule has 0 aliphatic heterocycles. The predicted molar refractivity (Wildman–Crippen MR) is 88.5 cm³/mol. The zero-order valence-electron chi connectivity index (χ0n) is 13.2. The van der Waals surface area contributed by atoms with Crippen molar-refractivity contribution in [3.8, 4) is 0 Å². The van der Waals surface area contributed by atoms with E-state index in [-0.39, 0.29) is 5.54 Å². The Morgan fingerprint density at radius 2 is 2.04 bits per heavy atom. The van der Waals surface area contributed by atoms with E-state index in [1.54, 1.807) is 6.33 Å². The van der Waals surface area contributed by atoms with Gasteiger partial charge < -0.3 is 5.32 Å². The average molecular weight is 305 g/mol. The summed E-state index contributed by atoms with van der Waals surface area (Å²) in [7, 11) is 0.